The van der Waals surface area contributed by atoms with E-state index in [0.717, 1.165) is 11.3 Å². The minimum absolute atomic E-state index is 0.153. The van der Waals surface area contributed by atoms with Crippen molar-refractivity contribution >= 4 is 11.8 Å². The molecule has 1 aromatic rings. The molecule has 5 nitrogen and oxygen atoms in total. The lowest BCUT2D eigenvalue weighted by molar-refractivity contribution is 0.0374. The maximum Gasteiger partial charge on any atom is 0.408 e. The third kappa shape index (κ3) is 4.91. The molecule has 1 heterocycles. The summed E-state index contributed by atoms with van der Waals surface area (Å²) in [6.45, 7) is 5.55. The monoisotopic (exact) mass is 318 g/mol. The van der Waals surface area contributed by atoms with E-state index in [2.05, 4.69) is 5.32 Å². The van der Waals surface area contributed by atoms with Gasteiger partial charge in [0.15, 0.2) is 0 Å². The van der Waals surface area contributed by atoms with E-state index in [9.17, 15) is 4.79 Å². The summed E-state index contributed by atoms with van der Waals surface area (Å²) in [4.78, 5) is 14.1. The van der Waals surface area contributed by atoms with E-state index in [1.54, 1.807) is 6.26 Å². The summed E-state index contributed by atoms with van der Waals surface area (Å²) in [5.74, 6) is 0. The van der Waals surface area contributed by atoms with Gasteiger partial charge in [0.25, 0.3) is 0 Å². The van der Waals surface area contributed by atoms with Crippen LogP contribution in [0.4, 0.5) is 10.5 Å². The van der Waals surface area contributed by atoms with Crippen molar-refractivity contribution < 1.29 is 14.3 Å². The standard InChI is InChI=1S/C18H26N2O3/c1-18(2,3)23-17(21)19-15-7-6-12-22-16(15)13-8-10-14(11-9-13)20(4)5/h6,8-12,15-16H,7H2,1-5H3,(H,19,21)/t15-,16+/m0/s1. The molecule has 0 unspecified atom stereocenters. The molecular formula is C18H26N2O3. The number of hydrogen-bond acceptors (Lipinski definition) is 4. The molecule has 126 valence electrons. The molecule has 1 aromatic carbocycles. The Bertz CT molecular complexity index is 559. The molecule has 1 N–H and O–H groups in total. The van der Waals surface area contributed by atoms with E-state index < -0.39 is 11.7 Å². The molecular weight excluding hydrogens is 292 g/mol. The fraction of sp³-hybridized carbons (Fsp3) is 0.500. The van der Waals surface area contributed by atoms with Crippen molar-refractivity contribution in [3.05, 3.63) is 42.2 Å². The topological polar surface area (TPSA) is 50.8 Å². The van der Waals surface area contributed by atoms with Crippen LogP contribution in [0, 0.1) is 0 Å². The van der Waals surface area contributed by atoms with Crippen LogP contribution < -0.4 is 10.2 Å². The normalized spacial score (nSPS) is 20.6. The van der Waals surface area contributed by atoms with Crippen molar-refractivity contribution in [1.82, 2.24) is 5.32 Å². The minimum Gasteiger partial charge on any atom is -0.491 e. The van der Waals surface area contributed by atoms with Crippen LogP contribution in [0.5, 0.6) is 0 Å². The van der Waals surface area contributed by atoms with Crippen molar-refractivity contribution in [2.24, 2.45) is 0 Å². The molecule has 0 aliphatic carbocycles. The zero-order valence-electron chi connectivity index (χ0n) is 14.5. The van der Waals surface area contributed by atoms with Crippen LogP contribution in [0.3, 0.4) is 0 Å². The lowest BCUT2D eigenvalue weighted by Crippen LogP contribution is -2.43. The first-order chi connectivity index (χ1) is 10.8. The quantitative estimate of drug-likeness (QED) is 0.925. The summed E-state index contributed by atoms with van der Waals surface area (Å²) in [6, 6.07) is 8.00. The number of rotatable bonds is 3. The fourth-order valence-corrected chi connectivity index (χ4v) is 2.43. The smallest absolute Gasteiger partial charge is 0.408 e. The largest absolute Gasteiger partial charge is 0.491 e. The molecule has 0 saturated carbocycles. The summed E-state index contributed by atoms with van der Waals surface area (Å²) in [6.07, 6.45) is 3.67. The molecule has 0 radical (unpaired) electrons. The fourth-order valence-electron chi connectivity index (χ4n) is 2.43. The second-order valence-corrected chi connectivity index (χ2v) is 6.90. The van der Waals surface area contributed by atoms with E-state index in [4.69, 9.17) is 9.47 Å². The summed E-state index contributed by atoms with van der Waals surface area (Å²) < 4.78 is 11.1. The average Bonchev–Trinajstić information content (AvgIpc) is 2.46. The van der Waals surface area contributed by atoms with Gasteiger partial charge in [-0.15, -0.1) is 0 Å². The highest BCUT2D eigenvalue weighted by Crippen LogP contribution is 2.29. The third-order valence-corrected chi connectivity index (χ3v) is 3.52. The van der Waals surface area contributed by atoms with Crippen LogP contribution in [-0.4, -0.2) is 31.8 Å². The number of benzene rings is 1. The maximum atomic E-state index is 12.0. The van der Waals surface area contributed by atoms with Gasteiger partial charge in [0.2, 0.25) is 0 Å². The van der Waals surface area contributed by atoms with Gasteiger partial charge in [-0.3, -0.25) is 0 Å². The third-order valence-electron chi connectivity index (χ3n) is 3.52. The van der Waals surface area contributed by atoms with Gasteiger partial charge in [0.1, 0.15) is 11.7 Å². The summed E-state index contributed by atoms with van der Waals surface area (Å²) >= 11 is 0. The van der Waals surface area contributed by atoms with Crippen LogP contribution in [0.25, 0.3) is 0 Å². The Hall–Kier alpha value is -2.17. The molecule has 0 fully saturated rings. The Morgan fingerprint density at radius 2 is 1.91 bits per heavy atom. The van der Waals surface area contributed by atoms with Crippen LogP contribution in [0.15, 0.2) is 36.6 Å². The van der Waals surface area contributed by atoms with Gasteiger partial charge in [-0.25, -0.2) is 4.79 Å². The predicted octanol–water partition coefficient (Wildman–Crippen LogP) is 3.62. The van der Waals surface area contributed by atoms with Crippen molar-refractivity contribution in [3.63, 3.8) is 0 Å². The molecule has 1 amide bonds. The zero-order valence-corrected chi connectivity index (χ0v) is 14.5. The Balaban J connectivity index is 2.09. The number of anilines is 1. The lowest BCUT2D eigenvalue weighted by Gasteiger charge is -2.31. The number of carbonyl (C=O) groups excluding carboxylic acids is 1. The lowest BCUT2D eigenvalue weighted by atomic mass is 9.98. The van der Waals surface area contributed by atoms with Gasteiger partial charge >= 0.3 is 6.09 Å². The number of ether oxygens (including phenoxy) is 2. The van der Waals surface area contributed by atoms with Crippen LogP contribution in [0.2, 0.25) is 0 Å². The number of nitrogens with zero attached hydrogens (tertiary/aromatic N) is 1. The number of amides is 1. The van der Waals surface area contributed by atoms with Crippen LogP contribution in [-0.2, 0) is 9.47 Å². The number of carbonyl (C=O) groups is 1. The van der Waals surface area contributed by atoms with Crippen LogP contribution in [0.1, 0.15) is 38.9 Å². The molecule has 5 heteroatoms. The van der Waals surface area contributed by atoms with Gasteiger partial charge in [0.05, 0.1) is 12.3 Å². The summed E-state index contributed by atoms with van der Waals surface area (Å²) in [5.41, 5.74) is 1.64. The Morgan fingerprint density at radius 3 is 2.48 bits per heavy atom. The summed E-state index contributed by atoms with van der Waals surface area (Å²) in [7, 11) is 4.00. The van der Waals surface area contributed by atoms with Gasteiger partial charge in [-0.2, -0.15) is 0 Å². The van der Waals surface area contributed by atoms with Crippen molar-refractivity contribution in [1.29, 1.82) is 0 Å². The molecule has 0 saturated heterocycles. The van der Waals surface area contributed by atoms with Gasteiger partial charge < -0.3 is 19.7 Å². The Labute approximate surface area is 138 Å². The molecule has 1 aliphatic rings. The molecule has 0 aromatic heterocycles. The first kappa shape index (κ1) is 17.2. The molecule has 23 heavy (non-hydrogen) atoms. The highest BCUT2D eigenvalue weighted by molar-refractivity contribution is 5.68. The van der Waals surface area contributed by atoms with Gasteiger partial charge in [-0.05, 0) is 51.0 Å². The van der Waals surface area contributed by atoms with Crippen LogP contribution >= 0.6 is 0 Å². The Morgan fingerprint density at radius 1 is 1.26 bits per heavy atom. The summed E-state index contributed by atoms with van der Waals surface area (Å²) in [5, 5.41) is 2.91. The average molecular weight is 318 g/mol. The van der Waals surface area contributed by atoms with E-state index in [1.807, 2.05) is 70.1 Å². The van der Waals surface area contributed by atoms with Crippen molar-refractivity contribution in [2.45, 2.75) is 44.9 Å². The van der Waals surface area contributed by atoms with E-state index in [1.165, 1.54) is 0 Å². The van der Waals surface area contributed by atoms with Gasteiger partial charge in [0, 0.05) is 19.8 Å². The first-order valence-corrected chi connectivity index (χ1v) is 7.83. The van der Waals surface area contributed by atoms with E-state index in [-0.39, 0.29) is 12.1 Å². The van der Waals surface area contributed by atoms with E-state index in [0.29, 0.717) is 6.42 Å². The maximum absolute atomic E-state index is 12.0. The minimum atomic E-state index is -0.516. The molecule has 0 bridgehead atoms. The van der Waals surface area contributed by atoms with Gasteiger partial charge in [-0.1, -0.05) is 12.1 Å². The number of hydrogen-bond donors (Lipinski definition) is 1. The molecule has 2 rings (SSSR count). The molecule has 0 spiro atoms. The highest BCUT2D eigenvalue weighted by atomic mass is 16.6. The SMILES string of the molecule is CN(C)c1ccc([C@H]2OC=CC[C@@H]2NC(=O)OC(C)(C)C)cc1. The first-order valence-electron chi connectivity index (χ1n) is 7.83. The Kier molecular flexibility index (Phi) is 5.19. The second kappa shape index (κ2) is 6.94. The number of alkyl carbamates (subject to hydrolysis) is 1. The van der Waals surface area contributed by atoms with E-state index >= 15 is 0 Å². The van der Waals surface area contributed by atoms with Crippen molar-refractivity contribution in [2.75, 3.05) is 19.0 Å². The number of nitrogens with one attached hydrogen (secondary N) is 1. The highest BCUT2D eigenvalue weighted by Gasteiger charge is 2.29. The predicted molar refractivity (Wildman–Crippen MR) is 91.5 cm³/mol. The zero-order chi connectivity index (χ0) is 17.0. The second-order valence-electron chi connectivity index (χ2n) is 6.90. The molecule has 1 aliphatic heterocycles. The van der Waals surface area contributed by atoms with Crippen molar-refractivity contribution in [3.8, 4) is 0 Å². The molecule has 2 atom stereocenters.